The van der Waals surface area contributed by atoms with Crippen molar-refractivity contribution in [2.75, 3.05) is 44.2 Å². The van der Waals surface area contributed by atoms with E-state index in [1.165, 1.54) is 24.3 Å². The van der Waals surface area contributed by atoms with Crippen LogP contribution in [0, 0.1) is 10.1 Å². The third-order valence-corrected chi connectivity index (χ3v) is 5.74. The lowest BCUT2D eigenvalue weighted by Crippen LogP contribution is -2.54. The molecule has 9 nitrogen and oxygen atoms in total. The van der Waals surface area contributed by atoms with Gasteiger partial charge in [0.2, 0.25) is 5.95 Å². The summed E-state index contributed by atoms with van der Waals surface area (Å²) in [5, 5.41) is 10.8. The molecule has 0 radical (unpaired) electrons. The van der Waals surface area contributed by atoms with E-state index in [0.29, 0.717) is 24.7 Å². The minimum atomic E-state index is -0.455. The topological polar surface area (TPSA) is 95.7 Å². The van der Waals surface area contributed by atoms with Gasteiger partial charge in [0.25, 0.3) is 11.6 Å². The molecule has 2 aromatic rings. The van der Waals surface area contributed by atoms with Crippen LogP contribution >= 0.6 is 0 Å². The zero-order valence-corrected chi connectivity index (χ0v) is 16.2. The summed E-state index contributed by atoms with van der Waals surface area (Å²) in [5.74, 6) is 0.736. The highest BCUT2D eigenvalue weighted by Crippen LogP contribution is 2.21. The zero-order valence-electron chi connectivity index (χ0n) is 16.2. The number of piperazine rings is 1. The van der Waals surface area contributed by atoms with E-state index >= 15 is 0 Å². The number of nitro groups is 1. The Hall–Kier alpha value is -3.07. The van der Waals surface area contributed by atoms with E-state index in [2.05, 4.69) is 19.8 Å². The number of non-ortho nitro benzene ring substituents is 1. The maximum Gasteiger partial charge on any atom is 0.269 e. The van der Waals surface area contributed by atoms with Crippen LogP contribution in [-0.2, 0) is 0 Å². The van der Waals surface area contributed by atoms with Crippen molar-refractivity contribution in [3.63, 3.8) is 0 Å². The van der Waals surface area contributed by atoms with Crippen molar-refractivity contribution in [1.29, 1.82) is 0 Å². The molecule has 2 aliphatic heterocycles. The van der Waals surface area contributed by atoms with Gasteiger partial charge in [0.1, 0.15) is 0 Å². The molecule has 0 atom stereocenters. The Kier molecular flexibility index (Phi) is 5.66. The van der Waals surface area contributed by atoms with Crippen LogP contribution in [0.1, 0.15) is 23.2 Å². The first kappa shape index (κ1) is 19.3. The van der Waals surface area contributed by atoms with E-state index in [1.54, 1.807) is 12.4 Å². The van der Waals surface area contributed by atoms with Crippen LogP contribution < -0.4 is 4.90 Å². The van der Waals surface area contributed by atoms with Gasteiger partial charge in [-0.2, -0.15) is 0 Å². The molecule has 3 heterocycles. The predicted molar refractivity (Wildman–Crippen MR) is 108 cm³/mol. The summed E-state index contributed by atoms with van der Waals surface area (Å²) in [6.45, 7) is 5.18. The van der Waals surface area contributed by atoms with E-state index in [-0.39, 0.29) is 11.6 Å². The highest BCUT2D eigenvalue weighted by atomic mass is 16.6. The van der Waals surface area contributed by atoms with Gasteiger partial charge in [-0.05, 0) is 31.0 Å². The van der Waals surface area contributed by atoms with Crippen molar-refractivity contribution in [1.82, 2.24) is 19.8 Å². The summed E-state index contributed by atoms with van der Waals surface area (Å²) in [7, 11) is 0. The molecule has 2 fully saturated rings. The van der Waals surface area contributed by atoms with Gasteiger partial charge in [0, 0.05) is 75.4 Å². The van der Waals surface area contributed by atoms with Crippen molar-refractivity contribution in [3.05, 3.63) is 58.4 Å². The SMILES string of the molecule is O=C(c1ccc([N+](=O)[O-])cc1)N1CCC(N2CCN(c3ncccn3)CC2)CC1. The lowest BCUT2D eigenvalue weighted by atomic mass is 10.0. The fourth-order valence-corrected chi connectivity index (χ4v) is 4.08. The lowest BCUT2D eigenvalue weighted by molar-refractivity contribution is -0.384. The highest BCUT2D eigenvalue weighted by Gasteiger charge is 2.30. The molecule has 9 heteroatoms. The van der Waals surface area contributed by atoms with Crippen molar-refractivity contribution < 1.29 is 9.72 Å². The van der Waals surface area contributed by atoms with E-state index in [4.69, 9.17) is 0 Å². The Labute approximate surface area is 169 Å². The third-order valence-electron chi connectivity index (χ3n) is 5.74. The molecule has 1 aromatic carbocycles. The number of hydrogen-bond donors (Lipinski definition) is 0. The van der Waals surface area contributed by atoms with E-state index < -0.39 is 4.92 Å². The summed E-state index contributed by atoms with van der Waals surface area (Å²) >= 11 is 0. The number of amides is 1. The molecule has 0 aliphatic carbocycles. The minimum absolute atomic E-state index is 0.000281. The molecule has 29 heavy (non-hydrogen) atoms. The molecule has 2 aliphatic rings. The summed E-state index contributed by atoms with van der Waals surface area (Å²) in [5.41, 5.74) is 0.505. The van der Waals surface area contributed by atoms with Crippen LogP contribution in [0.5, 0.6) is 0 Å². The number of carbonyl (C=O) groups is 1. The predicted octanol–water partition coefficient (Wildman–Crippen LogP) is 1.81. The largest absolute Gasteiger partial charge is 0.339 e. The summed E-state index contributed by atoms with van der Waals surface area (Å²) < 4.78 is 0. The van der Waals surface area contributed by atoms with E-state index in [1.807, 2.05) is 11.0 Å². The smallest absolute Gasteiger partial charge is 0.269 e. The van der Waals surface area contributed by atoms with Gasteiger partial charge in [-0.3, -0.25) is 19.8 Å². The van der Waals surface area contributed by atoms with Crippen molar-refractivity contribution in [3.8, 4) is 0 Å². The van der Waals surface area contributed by atoms with Crippen LogP contribution in [0.15, 0.2) is 42.7 Å². The van der Waals surface area contributed by atoms with Gasteiger partial charge in [0.05, 0.1) is 4.92 Å². The maximum absolute atomic E-state index is 12.7. The average Bonchev–Trinajstić information content (AvgIpc) is 2.79. The first-order valence-corrected chi connectivity index (χ1v) is 9.91. The number of likely N-dealkylation sites (tertiary alicyclic amines) is 1. The van der Waals surface area contributed by atoms with Crippen molar-refractivity contribution >= 4 is 17.5 Å². The van der Waals surface area contributed by atoms with Crippen LogP contribution in [-0.4, -0.2) is 75.9 Å². The molecule has 0 unspecified atom stereocenters. The Balaban J connectivity index is 1.27. The molecule has 4 rings (SSSR count). The van der Waals surface area contributed by atoms with Gasteiger partial charge in [0.15, 0.2) is 0 Å². The third kappa shape index (κ3) is 4.34. The van der Waals surface area contributed by atoms with E-state index in [9.17, 15) is 14.9 Å². The molecule has 1 amide bonds. The number of carbonyl (C=O) groups excluding carboxylic acids is 1. The molecule has 2 saturated heterocycles. The number of hydrogen-bond acceptors (Lipinski definition) is 7. The second-order valence-electron chi connectivity index (χ2n) is 7.40. The normalized spacial score (nSPS) is 18.6. The number of benzene rings is 1. The Bertz CT molecular complexity index is 844. The number of aromatic nitrogens is 2. The number of piperidine rings is 1. The zero-order chi connectivity index (χ0) is 20.2. The fourth-order valence-electron chi connectivity index (χ4n) is 4.08. The lowest BCUT2D eigenvalue weighted by Gasteiger charge is -2.42. The second kappa shape index (κ2) is 8.52. The van der Waals surface area contributed by atoms with Crippen molar-refractivity contribution in [2.24, 2.45) is 0 Å². The Morgan fingerprint density at radius 1 is 0.966 bits per heavy atom. The van der Waals surface area contributed by atoms with Gasteiger partial charge >= 0.3 is 0 Å². The molecular weight excluding hydrogens is 372 g/mol. The first-order valence-electron chi connectivity index (χ1n) is 9.91. The molecule has 1 aromatic heterocycles. The van der Waals surface area contributed by atoms with Gasteiger partial charge in [-0.15, -0.1) is 0 Å². The number of nitro benzene ring substituents is 1. The van der Waals surface area contributed by atoms with Gasteiger partial charge in [-0.25, -0.2) is 9.97 Å². The van der Waals surface area contributed by atoms with Crippen LogP contribution in [0.3, 0.4) is 0 Å². The molecule has 0 N–H and O–H groups in total. The van der Waals surface area contributed by atoms with E-state index in [0.717, 1.165) is 45.0 Å². The fraction of sp³-hybridized carbons (Fsp3) is 0.450. The quantitative estimate of drug-likeness (QED) is 0.574. The molecule has 0 saturated carbocycles. The summed E-state index contributed by atoms with van der Waals surface area (Å²) in [6.07, 6.45) is 5.43. The average molecular weight is 396 g/mol. The van der Waals surface area contributed by atoms with Gasteiger partial charge in [-0.1, -0.05) is 0 Å². The van der Waals surface area contributed by atoms with Crippen LogP contribution in [0.4, 0.5) is 11.6 Å². The summed E-state index contributed by atoms with van der Waals surface area (Å²) in [6, 6.07) is 8.15. The number of rotatable bonds is 4. The Morgan fingerprint density at radius 3 is 2.17 bits per heavy atom. The van der Waals surface area contributed by atoms with Crippen LogP contribution in [0.25, 0.3) is 0 Å². The standard InChI is InChI=1S/C20H24N6O3/c27-19(16-2-4-18(5-3-16)26(28)29)24-10-6-17(7-11-24)23-12-14-25(15-13-23)20-21-8-1-9-22-20/h1-5,8-9,17H,6-7,10-15H2. The minimum Gasteiger partial charge on any atom is -0.339 e. The molecule has 0 spiro atoms. The number of nitrogens with zero attached hydrogens (tertiary/aromatic N) is 6. The Morgan fingerprint density at radius 2 is 1.59 bits per heavy atom. The summed E-state index contributed by atoms with van der Waals surface area (Å²) in [4.78, 5) is 38.2. The monoisotopic (exact) mass is 396 g/mol. The number of anilines is 1. The molecule has 152 valence electrons. The van der Waals surface area contributed by atoms with Gasteiger partial charge < -0.3 is 9.80 Å². The molecule has 0 bridgehead atoms. The van der Waals surface area contributed by atoms with Crippen molar-refractivity contribution in [2.45, 2.75) is 18.9 Å². The second-order valence-corrected chi connectivity index (χ2v) is 7.40. The highest BCUT2D eigenvalue weighted by molar-refractivity contribution is 5.94. The first-order chi connectivity index (χ1) is 14.1. The maximum atomic E-state index is 12.7. The van der Waals surface area contributed by atoms with Crippen LogP contribution in [0.2, 0.25) is 0 Å². The molecular formula is C20H24N6O3.